The third-order valence-electron chi connectivity index (χ3n) is 1.81. The standard InChI is InChI=1S/C10H26N2S/c1-11(2,3)7-9-13-10-8-12(4,5)6/h7-10H2,1-6H3/q+2. The summed E-state index contributed by atoms with van der Waals surface area (Å²) in [5.41, 5.74) is 0. The van der Waals surface area contributed by atoms with Crippen LogP contribution in [0.3, 0.4) is 0 Å². The molecule has 0 saturated heterocycles. The van der Waals surface area contributed by atoms with Gasteiger partial charge in [0.1, 0.15) is 0 Å². The van der Waals surface area contributed by atoms with Crippen LogP contribution in [-0.4, -0.2) is 75.8 Å². The Bertz CT molecular complexity index is 117. The molecule has 0 amide bonds. The van der Waals surface area contributed by atoms with Crippen molar-refractivity contribution in [1.29, 1.82) is 0 Å². The molecule has 0 aliphatic rings. The van der Waals surface area contributed by atoms with Crippen molar-refractivity contribution < 1.29 is 8.97 Å². The summed E-state index contributed by atoms with van der Waals surface area (Å²) in [6.45, 7) is 2.53. The number of hydrogen-bond acceptors (Lipinski definition) is 1. The monoisotopic (exact) mass is 206 g/mol. The number of quaternary nitrogens is 2. The maximum absolute atomic E-state index is 2.25. The van der Waals surface area contributed by atoms with Gasteiger partial charge in [-0.15, -0.1) is 0 Å². The highest BCUT2D eigenvalue weighted by molar-refractivity contribution is 7.99. The second-order valence-corrected chi connectivity index (χ2v) is 6.86. The lowest BCUT2D eigenvalue weighted by Crippen LogP contribution is -2.38. The van der Waals surface area contributed by atoms with Gasteiger partial charge in [-0.2, -0.15) is 11.8 Å². The topological polar surface area (TPSA) is 0 Å². The molecule has 0 spiro atoms. The minimum Gasteiger partial charge on any atom is -0.330 e. The van der Waals surface area contributed by atoms with Gasteiger partial charge in [0.15, 0.2) is 0 Å². The second kappa shape index (κ2) is 5.23. The summed E-state index contributed by atoms with van der Waals surface area (Å²) in [5, 5.41) is 0. The summed E-state index contributed by atoms with van der Waals surface area (Å²) in [7, 11) is 13.5. The zero-order valence-electron chi connectivity index (χ0n) is 10.1. The molecule has 0 radical (unpaired) electrons. The van der Waals surface area contributed by atoms with Crippen LogP contribution in [0.2, 0.25) is 0 Å². The fourth-order valence-corrected chi connectivity index (χ4v) is 2.34. The average Bonchev–Trinajstić information content (AvgIpc) is 1.81. The maximum Gasteiger partial charge on any atom is 0.0872 e. The summed E-state index contributed by atoms with van der Waals surface area (Å²) >= 11 is 2.08. The van der Waals surface area contributed by atoms with Crippen LogP contribution < -0.4 is 0 Å². The Labute approximate surface area is 88.1 Å². The predicted octanol–water partition coefficient (Wildman–Crippen LogP) is 1.13. The molecule has 0 aromatic rings. The fourth-order valence-electron chi connectivity index (χ4n) is 0.779. The third kappa shape index (κ3) is 12.3. The molecular weight excluding hydrogens is 180 g/mol. The Morgan fingerprint density at radius 3 is 1.23 bits per heavy atom. The smallest absolute Gasteiger partial charge is 0.0872 e. The SMILES string of the molecule is C[N+](C)(C)CCSCC[N+](C)(C)C. The van der Waals surface area contributed by atoms with Gasteiger partial charge in [-0.3, -0.25) is 0 Å². The van der Waals surface area contributed by atoms with Crippen LogP contribution in [0.1, 0.15) is 0 Å². The van der Waals surface area contributed by atoms with Gasteiger partial charge in [0, 0.05) is 11.5 Å². The Morgan fingerprint density at radius 1 is 0.692 bits per heavy atom. The molecule has 0 atom stereocenters. The molecule has 0 bridgehead atoms. The molecule has 3 heteroatoms. The molecule has 0 aliphatic heterocycles. The van der Waals surface area contributed by atoms with E-state index in [2.05, 4.69) is 54.0 Å². The largest absolute Gasteiger partial charge is 0.330 e. The van der Waals surface area contributed by atoms with E-state index in [0.717, 1.165) is 8.97 Å². The fraction of sp³-hybridized carbons (Fsp3) is 1.00. The minimum absolute atomic E-state index is 1.08. The van der Waals surface area contributed by atoms with Gasteiger partial charge in [-0.1, -0.05) is 0 Å². The van der Waals surface area contributed by atoms with Crippen molar-refractivity contribution in [3.8, 4) is 0 Å². The molecule has 0 N–H and O–H groups in total. The van der Waals surface area contributed by atoms with E-state index in [0.29, 0.717) is 0 Å². The van der Waals surface area contributed by atoms with Crippen molar-refractivity contribution in [2.45, 2.75) is 0 Å². The van der Waals surface area contributed by atoms with Gasteiger partial charge in [-0.05, 0) is 0 Å². The molecule has 80 valence electrons. The first kappa shape index (κ1) is 13.3. The van der Waals surface area contributed by atoms with Gasteiger partial charge in [0.05, 0.1) is 55.4 Å². The van der Waals surface area contributed by atoms with Crippen LogP contribution in [-0.2, 0) is 0 Å². The molecule has 13 heavy (non-hydrogen) atoms. The lowest BCUT2D eigenvalue weighted by Gasteiger charge is -2.25. The van der Waals surface area contributed by atoms with E-state index in [9.17, 15) is 0 Å². The summed E-state index contributed by atoms with van der Waals surface area (Å²) in [6.07, 6.45) is 0. The van der Waals surface area contributed by atoms with Crippen LogP contribution in [0.15, 0.2) is 0 Å². The van der Waals surface area contributed by atoms with E-state index in [4.69, 9.17) is 0 Å². The van der Waals surface area contributed by atoms with Gasteiger partial charge >= 0.3 is 0 Å². The molecule has 2 nitrogen and oxygen atoms in total. The van der Waals surface area contributed by atoms with E-state index in [1.54, 1.807) is 0 Å². The van der Waals surface area contributed by atoms with Gasteiger partial charge in [0.25, 0.3) is 0 Å². The highest BCUT2D eigenvalue weighted by Crippen LogP contribution is 2.04. The van der Waals surface area contributed by atoms with E-state index in [1.807, 2.05) is 0 Å². The van der Waals surface area contributed by atoms with Crippen LogP contribution in [0.25, 0.3) is 0 Å². The van der Waals surface area contributed by atoms with Crippen LogP contribution in [0.4, 0.5) is 0 Å². The zero-order chi connectivity index (χ0) is 10.5. The maximum atomic E-state index is 2.25. The lowest BCUT2D eigenvalue weighted by molar-refractivity contribution is -0.868. The molecule has 0 rings (SSSR count). The van der Waals surface area contributed by atoms with Crippen LogP contribution in [0.5, 0.6) is 0 Å². The van der Waals surface area contributed by atoms with Gasteiger partial charge in [0.2, 0.25) is 0 Å². The first-order chi connectivity index (χ1) is 5.71. The molecule has 0 aliphatic carbocycles. The van der Waals surface area contributed by atoms with Gasteiger partial charge in [-0.25, -0.2) is 0 Å². The molecule has 0 aromatic carbocycles. The average molecular weight is 206 g/mol. The highest BCUT2D eigenvalue weighted by atomic mass is 32.2. The van der Waals surface area contributed by atoms with Crippen molar-refractivity contribution in [1.82, 2.24) is 0 Å². The zero-order valence-corrected chi connectivity index (χ0v) is 10.9. The molecule has 0 aromatic heterocycles. The van der Waals surface area contributed by atoms with E-state index < -0.39 is 0 Å². The van der Waals surface area contributed by atoms with Crippen molar-refractivity contribution in [2.24, 2.45) is 0 Å². The Kier molecular flexibility index (Phi) is 5.33. The summed E-state index contributed by atoms with van der Waals surface area (Å²) in [4.78, 5) is 0. The third-order valence-corrected chi connectivity index (χ3v) is 2.76. The molecular formula is C10H26N2S+2. The van der Waals surface area contributed by atoms with Crippen molar-refractivity contribution in [3.05, 3.63) is 0 Å². The van der Waals surface area contributed by atoms with E-state index in [1.165, 1.54) is 24.6 Å². The van der Waals surface area contributed by atoms with Crippen molar-refractivity contribution in [3.63, 3.8) is 0 Å². The highest BCUT2D eigenvalue weighted by Gasteiger charge is 2.08. The number of thioether (sulfide) groups is 1. The summed E-state index contributed by atoms with van der Waals surface area (Å²) in [5.74, 6) is 2.56. The first-order valence-corrected chi connectivity index (χ1v) is 6.05. The Morgan fingerprint density at radius 2 is 1.00 bits per heavy atom. The van der Waals surface area contributed by atoms with Crippen molar-refractivity contribution >= 4 is 11.8 Å². The van der Waals surface area contributed by atoms with Crippen molar-refractivity contribution in [2.75, 3.05) is 66.9 Å². The van der Waals surface area contributed by atoms with E-state index >= 15 is 0 Å². The normalized spacial score (nSPS) is 13.4. The molecule has 0 heterocycles. The Balaban J connectivity index is 3.28. The predicted molar refractivity (Wildman–Crippen MR) is 63.1 cm³/mol. The van der Waals surface area contributed by atoms with Crippen LogP contribution in [0, 0.1) is 0 Å². The second-order valence-electron chi connectivity index (χ2n) is 5.64. The van der Waals surface area contributed by atoms with Gasteiger partial charge < -0.3 is 8.97 Å². The summed E-state index contributed by atoms with van der Waals surface area (Å²) in [6, 6.07) is 0. The van der Waals surface area contributed by atoms with Crippen LogP contribution >= 0.6 is 11.8 Å². The lowest BCUT2D eigenvalue weighted by atomic mass is 10.6. The quantitative estimate of drug-likeness (QED) is 0.464. The minimum atomic E-state index is 1.08. The Hall–Kier alpha value is 0.270. The molecule has 0 fully saturated rings. The molecule has 0 unspecified atom stereocenters. The first-order valence-electron chi connectivity index (χ1n) is 4.89. The van der Waals surface area contributed by atoms with E-state index in [-0.39, 0.29) is 0 Å². The number of nitrogens with zero attached hydrogens (tertiary/aromatic N) is 2. The summed E-state index contributed by atoms with van der Waals surface area (Å²) < 4.78 is 2.16. The number of rotatable bonds is 6. The molecule has 0 saturated carbocycles. The number of hydrogen-bond donors (Lipinski definition) is 0.